The lowest BCUT2D eigenvalue weighted by Gasteiger charge is -2.08. The van der Waals surface area contributed by atoms with Crippen LogP contribution in [0.5, 0.6) is 0 Å². The summed E-state index contributed by atoms with van der Waals surface area (Å²) in [6, 6.07) is 5.46. The average Bonchev–Trinajstić information content (AvgIpc) is 2.41. The zero-order chi connectivity index (χ0) is 10.7. The molecule has 4 nitrogen and oxygen atoms in total. The molecule has 1 aliphatic rings. The number of amides is 2. The van der Waals surface area contributed by atoms with Gasteiger partial charge in [0.05, 0.1) is 0 Å². The number of rotatable bonds is 1. The van der Waals surface area contributed by atoms with Gasteiger partial charge >= 0.3 is 6.03 Å². The molecule has 0 saturated heterocycles. The summed E-state index contributed by atoms with van der Waals surface area (Å²) in [6.07, 6.45) is 2.05. The van der Waals surface area contributed by atoms with Crippen LogP contribution in [0.2, 0.25) is 0 Å². The number of nitrogens with one attached hydrogen (secondary N) is 2. The third-order valence-electron chi connectivity index (χ3n) is 2.62. The van der Waals surface area contributed by atoms with E-state index in [0.29, 0.717) is 0 Å². The molecule has 1 heterocycles. The van der Waals surface area contributed by atoms with E-state index < -0.39 is 6.03 Å². The van der Waals surface area contributed by atoms with Crippen LogP contribution >= 0.6 is 0 Å². The molecule has 0 aromatic heterocycles. The smallest absolute Gasteiger partial charge is 0.316 e. The molecule has 0 spiro atoms. The molecule has 4 heteroatoms. The Morgan fingerprint density at radius 3 is 2.62 bits per heavy atom. The number of hydrogen-bond donors (Lipinski definition) is 3. The largest absolute Gasteiger partial charge is 0.351 e. The summed E-state index contributed by atoms with van der Waals surface area (Å²) in [4.78, 5) is 10.7. The topological polar surface area (TPSA) is 67.2 Å². The van der Waals surface area contributed by atoms with Crippen molar-refractivity contribution in [3.8, 4) is 0 Å². The van der Waals surface area contributed by atoms with Gasteiger partial charge in [0.2, 0.25) is 0 Å². The highest BCUT2D eigenvalue weighted by molar-refractivity contribution is 5.87. The Morgan fingerprint density at radius 2 is 1.94 bits per heavy atom. The van der Waals surface area contributed by atoms with Crippen LogP contribution < -0.4 is 16.4 Å². The van der Waals surface area contributed by atoms with Gasteiger partial charge in [-0.15, -0.1) is 0 Å². The number of fused-ring (bicyclic) bond motifs is 1. The first kappa shape index (κ1) is 12.5. The van der Waals surface area contributed by atoms with Crippen LogP contribution in [0.4, 0.5) is 10.5 Å². The first-order valence-electron chi connectivity index (χ1n) is 5.15. The molecule has 1 aliphatic heterocycles. The average molecular weight is 221 g/mol. The minimum Gasteiger partial charge on any atom is -0.351 e. The third-order valence-corrected chi connectivity index (χ3v) is 2.62. The number of primary amides is 1. The van der Waals surface area contributed by atoms with Crippen molar-refractivity contribution in [3.63, 3.8) is 0 Å². The predicted molar refractivity (Wildman–Crippen MR) is 66.7 cm³/mol. The molecule has 0 atom stereocenters. The zero-order valence-electron chi connectivity index (χ0n) is 8.55. The molecule has 88 valence electrons. The van der Waals surface area contributed by atoms with Crippen LogP contribution in [0.3, 0.4) is 0 Å². The van der Waals surface area contributed by atoms with Crippen molar-refractivity contribution in [2.75, 3.05) is 18.4 Å². The lowest BCUT2D eigenvalue weighted by atomic mass is 10.0. The van der Waals surface area contributed by atoms with E-state index >= 15 is 0 Å². The number of carbonyl (C=O) groups excluding carboxylic acids is 1. The molecule has 4 N–H and O–H groups in total. The van der Waals surface area contributed by atoms with Crippen LogP contribution in [0.15, 0.2) is 18.2 Å². The number of hydrogen-bond acceptors (Lipinski definition) is 2. The number of benzene rings is 1. The molecule has 2 amide bonds. The SMILES string of the molecule is C.NC(=O)Nc1ccc2c(c1)CCNCC2. The van der Waals surface area contributed by atoms with Crippen LogP contribution in [0.25, 0.3) is 0 Å². The molecule has 0 aliphatic carbocycles. The molecule has 2 rings (SSSR count). The summed E-state index contributed by atoms with van der Waals surface area (Å²) < 4.78 is 0. The fraction of sp³-hybridized carbons (Fsp3) is 0.417. The van der Waals surface area contributed by atoms with Gasteiger partial charge in [0, 0.05) is 5.69 Å². The minimum atomic E-state index is -0.512. The summed E-state index contributed by atoms with van der Waals surface area (Å²) in [7, 11) is 0. The molecule has 1 aromatic rings. The van der Waals surface area contributed by atoms with Crippen molar-refractivity contribution in [1.29, 1.82) is 0 Å². The summed E-state index contributed by atoms with van der Waals surface area (Å²) >= 11 is 0. The number of anilines is 1. The van der Waals surface area contributed by atoms with Crippen LogP contribution in [0.1, 0.15) is 18.6 Å². The highest BCUT2D eigenvalue weighted by atomic mass is 16.2. The number of nitrogens with two attached hydrogens (primary N) is 1. The second-order valence-corrected chi connectivity index (χ2v) is 3.72. The van der Waals surface area contributed by atoms with Gasteiger partial charge in [0.15, 0.2) is 0 Å². The highest BCUT2D eigenvalue weighted by Gasteiger charge is 2.08. The summed E-state index contributed by atoms with van der Waals surface area (Å²) in [6.45, 7) is 2.02. The molecular formula is C12H19N3O. The van der Waals surface area contributed by atoms with E-state index in [9.17, 15) is 4.79 Å². The van der Waals surface area contributed by atoms with Crippen LogP contribution in [-0.4, -0.2) is 19.1 Å². The lowest BCUT2D eigenvalue weighted by Crippen LogP contribution is -2.19. The van der Waals surface area contributed by atoms with Gasteiger partial charge in [-0.2, -0.15) is 0 Å². The maximum absolute atomic E-state index is 10.7. The second-order valence-electron chi connectivity index (χ2n) is 3.72. The van der Waals surface area contributed by atoms with Crippen molar-refractivity contribution < 1.29 is 4.79 Å². The van der Waals surface area contributed by atoms with Gasteiger partial charge in [-0.1, -0.05) is 13.5 Å². The molecular weight excluding hydrogens is 202 g/mol. The minimum absolute atomic E-state index is 0. The van der Waals surface area contributed by atoms with Gasteiger partial charge < -0.3 is 16.4 Å². The standard InChI is InChI=1S/C11H15N3O.CH4/c12-11(15)14-10-2-1-8-3-5-13-6-4-9(8)7-10;/h1-2,7,13H,3-6H2,(H3,12,14,15);1H4. The van der Waals surface area contributed by atoms with Crippen molar-refractivity contribution in [2.24, 2.45) is 5.73 Å². The fourth-order valence-electron chi connectivity index (χ4n) is 1.89. The maximum atomic E-state index is 10.7. The first-order chi connectivity index (χ1) is 7.25. The van der Waals surface area contributed by atoms with Crippen LogP contribution in [0, 0.1) is 0 Å². The predicted octanol–water partition coefficient (Wildman–Crippen LogP) is 1.50. The Bertz CT molecular complexity index is 377. The monoisotopic (exact) mass is 221 g/mol. The molecule has 0 fully saturated rings. The van der Waals surface area contributed by atoms with Gasteiger partial charge in [0.1, 0.15) is 0 Å². The van der Waals surface area contributed by atoms with Crippen molar-refractivity contribution >= 4 is 11.7 Å². The fourth-order valence-corrected chi connectivity index (χ4v) is 1.89. The molecule has 0 bridgehead atoms. The Labute approximate surface area is 96.2 Å². The summed E-state index contributed by atoms with van der Waals surface area (Å²) in [5.41, 5.74) is 8.50. The van der Waals surface area contributed by atoms with Gasteiger partial charge in [-0.25, -0.2) is 4.79 Å². The van der Waals surface area contributed by atoms with Gasteiger partial charge in [-0.05, 0) is 49.2 Å². The Hall–Kier alpha value is -1.55. The molecule has 0 saturated carbocycles. The van der Waals surface area contributed by atoms with Crippen LogP contribution in [-0.2, 0) is 12.8 Å². The van der Waals surface area contributed by atoms with E-state index in [2.05, 4.69) is 16.7 Å². The van der Waals surface area contributed by atoms with E-state index in [4.69, 9.17) is 5.73 Å². The Kier molecular flexibility index (Phi) is 4.31. The molecule has 1 aromatic carbocycles. The van der Waals surface area contributed by atoms with Gasteiger partial charge in [-0.3, -0.25) is 0 Å². The Morgan fingerprint density at radius 1 is 1.25 bits per heavy atom. The second kappa shape index (κ2) is 5.51. The van der Waals surface area contributed by atoms with E-state index in [-0.39, 0.29) is 7.43 Å². The third kappa shape index (κ3) is 2.97. The molecule has 0 radical (unpaired) electrons. The molecule has 16 heavy (non-hydrogen) atoms. The lowest BCUT2D eigenvalue weighted by molar-refractivity contribution is 0.259. The molecule has 0 unspecified atom stereocenters. The van der Waals surface area contributed by atoms with E-state index in [1.54, 1.807) is 0 Å². The van der Waals surface area contributed by atoms with Gasteiger partial charge in [0.25, 0.3) is 0 Å². The van der Waals surface area contributed by atoms with E-state index in [0.717, 1.165) is 31.6 Å². The number of carbonyl (C=O) groups is 1. The quantitative estimate of drug-likeness (QED) is 0.672. The first-order valence-corrected chi connectivity index (χ1v) is 5.15. The highest BCUT2D eigenvalue weighted by Crippen LogP contribution is 2.18. The van der Waals surface area contributed by atoms with Crippen molar-refractivity contribution in [3.05, 3.63) is 29.3 Å². The zero-order valence-corrected chi connectivity index (χ0v) is 8.55. The summed E-state index contributed by atoms with van der Waals surface area (Å²) in [5.74, 6) is 0. The maximum Gasteiger partial charge on any atom is 0.316 e. The van der Waals surface area contributed by atoms with Crippen molar-refractivity contribution in [2.45, 2.75) is 20.3 Å². The Balaban J connectivity index is 0.00000128. The summed E-state index contributed by atoms with van der Waals surface area (Å²) in [5, 5.41) is 5.94. The van der Waals surface area contributed by atoms with Crippen molar-refractivity contribution in [1.82, 2.24) is 5.32 Å². The van der Waals surface area contributed by atoms with E-state index in [1.165, 1.54) is 11.1 Å². The number of urea groups is 1. The van der Waals surface area contributed by atoms with E-state index in [1.807, 2.05) is 12.1 Å². The normalized spacial score (nSPS) is 14.2.